The van der Waals surface area contributed by atoms with E-state index in [-0.39, 0.29) is 25.1 Å². The molecule has 52 heavy (non-hydrogen) atoms. The molecule has 0 radical (unpaired) electrons. The van der Waals surface area contributed by atoms with Crippen LogP contribution < -0.4 is 5.32 Å². The van der Waals surface area contributed by atoms with Crippen molar-refractivity contribution in [3.05, 3.63) is 167 Å². The highest BCUT2D eigenvalue weighted by atomic mass is 31.2. The number of rotatable bonds is 16. The molecule has 264 valence electrons. The number of fused-ring (bicyclic) bond motifs is 3. The molecule has 0 aromatic heterocycles. The fourth-order valence-electron chi connectivity index (χ4n) is 6.30. The summed E-state index contributed by atoms with van der Waals surface area (Å²) >= 11 is 0. The van der Waals surface area contributed by atoms with Crippen molar-refractivity contribution in [1.82, 2.24) is 5.32 Å². The monoisotopic (exact) mass is 715 g/mol. The zero-order valence-corrected chi connectivity index (χ0v) is 29.3. The number of carbonyl (C=O) groups excluding carboxylic acids is 4. The van der Waals surface area contributed by atoms with Crippen molar-refractivity contribution in [2.75, 3.05) is 32.3 Å². The molecule has 0 heterocycles. The Morgan fingerprint density at radius 1 is 0.615 bits per heavy atom. The van der Waals surface area contributed by atoms with Crippen LogP contribution in [0.4, 0.5) is 4.79 Å². The van der Waals surface area contributed by atoms with Gasteiger partial charge in [0.15, 0.2) is 18.2 Å². The topological polar surface area (TPSA) is 125 Å². The molecule has 10 heteroatoms. The molecule has 0 spiro atoms. The molecule has 9 nitrogen and oxygen atoms in total. The Bertz CT molecular complexity index is 2020. The number of nitrogens with one attached hydrogen (secondary N) is 1. The number of alkyl carbamates (subject to hydrolysis) is 1. The van der Waals surface area contributed by atoms with Gasteiger partial charge in [0.25, 0.3) is 0 Å². The van der Waals surface area contributed by atoms with Crippen LogP contribution in [0, 0.1) is 5.92 Å². The van der Waals surface area contributed by atoms with Gasteiger partial charge in [-0.15, -0.1) is 0 Å². The zero-order chi connectivity index (χ0) is 36.3. The van der Waals surface area contributed by atoms with Gasteiger partial charge >= 0.3 is 12.1 Å². The third kappa shape index (κ3) is 9.18. The molecular weight excluding hydrogens is 677 g/mol. The van der Waals surface area contributed by atoms with E-state index in [1.807, 2.05) is 78.9 Å². The van der Waals surface area contributed by atoms with Gasteiger partial charge in [-0.25, -0.2) is 4.79 Å². The SMILES string of the molecule is O=C(NCP(=O)(CC(Cc1ccccc1)C(=O)OCC(=O)c1ccccc1)OCC(=O)c1ccccc1)OCC1c2ccccc2-c2ccccc21. The van der Waals surface area contributed by atoms with Gasteiger partial charge in [0, 0.05) is 23.2 Å². The van der Waals surface area contributed by atoms with Crippen LogP contribution in [0.25, 0.3) is 11.1 Å². The van der Waals surface area contributed by atoms with Crippen LogP contribution in [0.15, 0.2) is 140 Å². The third-order valence-electron chi connectivity index (χ3n) is 8.93. The van der Waals surface area contributed by atoms with Gasteiger partial charge in [-0.05, 0) is 34.2 Å². The van der Waals surface area contributed by atoms with E-state index in [1.165, 1.54) is 0 Å². The van der Waals surface area contributed by atoms with Crippen LogP contribution in [-0.2, 0) is 29.8 Å². The molecule has 5 aromatic rings. The molecule has 2 atom stereocenters. The van der Waals surface area contributed by atoms with Crippen molar-refractivity contribution in [1.29, 1.82) is 0 Å². The van der Waals surface area contributed by atoms with Crippen LogP contribution in [-0.4, -0.2) is 55.9 Å². The van der Waals surface area contributed by atoms with Gasteiger partial charge in [0.1, 0.15) is 13.2 Å². The summed E-state index contributed by atoms with van der Waals surface area (Å²) < 4.78 is 31.6. The molecule has 2 unspecified atom stereocenters. The van der Waals surface area contributed by atoms with E-state index in [4.69, 9.17) is 14.0 Å². The summed E-state index contributed by atoms with van der Waals surface area (Å²) in [5.41, 5.74) is 5.74. The van der Waals surface area contributed by atoms with E-state index >= 15 is 0 Å². The van der Waals surface area contributed by atoms with Crippen molar-refractivity contribution in [3.8, 4) is 11.1 Å². The van der Waals surface area contributed by atoms with Crippen molar-refractivity contribution in [2.24, 2.45) is 5.92 Å². The number of hydrogen-bond acceptors (Lipinski definition) is 8. The quantitative estimate of drug-likeness (QED) is 0.0620. The normalized spacial score (nSPS) is 13.5. The van der Waals surface area contributed by atoms with Crippen molar-refractivity contribution >= 4 is 31.0 Å². The summed E-state index contributed by atoms with van der Waals surface area (Å²) in [6.45, 7) is -1.02. The van der Waals surface area contributed by atoms with Crippen LogP contribution in [0.5, 0.6) is 0 Å². The minimum Gasteiger partial charge on any atom is -0.457 e. The molecule has 5 aromatic carbocycles. The van der Waals surface area contributed by atoms with Crippen molar-refractivity contribution in [3.63, 3.8) is 0 Å². The number of carbonyl (C=O) groups is 4. The molecule has 0 fully saturated rings. The Morgan fingerprint density at radius 2 is 1.12 bits per heavy atom. The van der Waals surface area contributed by atoms with Crippen molar-refractivity contribution in [2.45, 2.75) is 12.3 Å². The van der Waals surface area contributed by atoms with Gasteiger partial charge in [-0.1, -0.05) is 140 Å². The molecule has 0 saturated heterocycles. The Labute approximate surface area is 302 Å². The first-order valence-electron chi connectivity index (χ1n) is 17.0. The zero-order valence-electron chi connectivity index (χ0n) is 28.4. The van der Waals surface area contributed by atoms with Crippen LogP contribution in [0.1, 0.15) is 43.3 Å². The summed E-state index contributed by atoms with van der Waals surface area (Å²) in [6.07, 6.45) is -1.58. The Morgan fingerprint density at radius 3 is 1.69 bits per heavy atom. The summed E-state index contributed by atoms with van der Waals surface area (Å²) in [6, 6.07) is 41.8. The van der Waals surface area contributed by atoms with Crippen LogP contribution in [0.3, 0.4) is 0 Å². The first-order chi connectivity index (χ1) is 25.3. The average molecular weight is 716 g/mol. The molecular formula is C42H38NO8P. The summed E-state index contributed by atoms with van der Waals surface area (Å²) in [7, 11) is -3.97. The Balaban J connectivity index is 1.17. The highest BCUT2D eigenvalue weighted by Crippen LogP contribution is 2.49. The predicted octanol–water partition coefficient (Wildman–Crippen LogP) is 7.95. The molecule has 6 rings (SSSR count). The second-order valence-electron chi connectivity index (χ2n) is 12.5. The smallest absolute Gasteiger partial charge is 0.407 e. The van der Waals surface area contributed by atoms with Gasteiger partial charge in [0.05, 0.1) is 12.2 Å². The van der Waals surface area contributed by atoms with E-state index in [0.717, 1.165) is 27.8 Å². The van der Waals surface area contributed by atoms with Gasteiger partial charge < -0.3 is 19.3 Å². The number of benzene rings is 5. The minimum atomic E-state index is -3.97. The van der Waals surface area contributed by atoms with E-state index < -0.39 is 56.4 Å². The van der Waals surface area contributed by atoms with Crippen LogP contribution in [0.2, 0.25) is 0 Å². The molecule has 1 aliphatic carbocycles. The number of amides is 1. The van der Waals surface area contributed by atoms with Gasteiger partial charge in [0.2, 0.25) is 7.37 Å². The van der Waals surface area contributed by atoms with E-state index in [0.29, 0.717) is 11.1 Å². The number of esters is 1. The van der Waals surface area contributed by atoms with E-state index in [1.54, 1.807) is 60.7 Å². The number of Topliss-reactive ketones (excluding diaryl/α,β-unsaturated/α-hetero) is 2. The standard InChI is InChI=1S/C42H38NO8P/c44-39(31-16-6-2-7-17-31)26-49-41(46)33(24-30-14-4-1-5-15-30)28-52(48,51-27-40(45)32-18-8-3-9-19-32)29-43-42(47)50-25-38-36-22-12-10-20-34(36)35-21-11-13-23-37(35)38/h1-23,33,38H,24-29H2,(H,43,47). The third-order valence-corrected chi connectivity index (χ3v) is 11.2. The fourth-order valence-corrected chi connectivity index (χ4v) is 8.30. The maximum Gasteiger partial charge on any atom is 0.407 e. The first-order valence-corrected chi connectivity index (χ1v) is 19.0. The van der Waals surface area contributed by atoms with Crippen LogP contribution >= 0.6 is 7.37 Å². The molecule has 0 bridgehead atoms. The maximum atomic E-state index is 14.6. The molecule has 1 amide bonds. The summed E-state index contributed by atoms with van der Waals surface area (Å²) in [5.74, 6) is -2.79. The lowest BCUT2D eigenvalue weighted by molar-refractivity contribution is -0.146. The highest BCUT2D eigenvalue weighted by Gasteiger charge is 2.35. The summed E-state index contributed by atoms with van der Waals surface area (Å²) in [5, 5.41) is 2.57. The van der Waals surface area contributed by atoms with Gasteiger partial charge in [-0.3, -0.25) is 18.9 Å². The number of ketones is 2. The molecule has 1 N–H and O–H groups in total. The number of hydrogen-bond donors (Lipinski definition) is 1. The number of ether oxygens (including phenoxy) is 2. The molecule has 0 saturated carbocycles. The second-order valence-corrected chi connectivity index (χ2v) is 15.1. The van der Waals surface area contributed by atoms with E-state index in [9.17, 15) is 23.7 Å². The lowest BCUT2D eigenvalue weighted by atomic mass is 9.98. The first kappa shape index (κ1) is 36.2. The highest BCUT2D eigenvalue weighted by molar-refractivity contribution is 7.59. The minimum absolute atomic E-state index is 0.0376. The maximum absolute atomic E-state index is 14.6. The Hall–Kier alpha value is -5.63. The largest absolute Gasteiger partial charge is 0.457 e. The fraction of sp³-hybridized carbons (Fsp3) is 0.190. The predicted molar refractivity (Wildman–Crippen MR) is 198 cm³/mol. The van der Waals surface area contributed by atoms with E-state index in [2.05, 4.69) is 5.32 Å². The Kier molecular flexibility index (Phi) is 11.9. The molecule has 1 aliphatic rings. The average Bonchev–Trinajstić information content (AvgIpc) is 3.51. The lowest BCUT2D eigenvalue weighted by Crippen LogP contribution is -2.31. The molecule has 0 aliphatic heterocycles. The second kappa shape index (κ2) is 17.1. The summed E-state index contributed by atoms with van der Waals surface area (Å²) in [4.78, 5) is 52.5. The lowest BCUT2D eigenvalue weighted by Gasteiger charge is -2.24. The van der Waals surface area contributed by atoms with Gasteiger partial charge in [-0.2, -0.15) is 0 Å². The van der Waals surface area contributed by atoms with Crippen molar-refractivity contribution < 1.29 is 37.7 Å².